The van der Waals surface area contributed by atoms with Gasteiger partial charge in [0.15, 0.2) is 0 Å². The van der Waals surface area contributed by atoms with Gasteiger partial charge in [-0.1, -0.05) is 39.4 Å². The smallest absolute Gasteiger partial charge is 0.146 e. The summed E-state index contributed by atoms with van der Waals surface area (Å²) in [6, 6.07) is 2.05. The predicted octanol–water partition coefficient (Wildman–Crippen LogP) is 3.12. The van der Waals surface area contributed by atoms with Crippen molar-refractivity contribution in [3.63, 3.8) is 0 Å². The quantitative estimate of drug-likeness (QED) is 0.899. The van der Waals surface area contributed by atoms with Crippen LogP contribution in [0.5, 0.6) is 0 Å². The first-order valence-corrected chi connectivity index (χ1v) is 7.48. The van der Waals surface area contributed by atoms with Crippen LogP contribution < -0.4 is 0 Å². The lowest BCUT2D eigenvalue weighted by Gasteiger charge is -2.29. The number of aromatic nitrogens is 1. The number of rotatable bonds is 5. The van der Waals surface area contributed by atoms with E-state index in [9.17, 15) is 5.11 Å². The summed E-state index contributed by atoms with van der Waals surface area (Å²) in [5, 5.41) is 13.9. The molecule has 1 aromatic rings. The number of hydrogen-bond donors (Lipinski definition) is 1. The molecule has 1 saturated heterocycles. The van der Waals surface area contributed by atoms with Crippen LogP contribution in [0.25, 0.3) is 0 Å². The molecule has 2 heterocycles. The Kier molecular flexibility index (Phi) is 4.53. The fourth-order valence-electron chi connectivity index (χ4n) is 2.80. The molecule has 2 atom stereocenters. The minimum absolute atomic E-state index is 0.125. The molecule has 4 nitrogen and oxygen atoms in total. The minimum atomic E-state index is -0.236. The molecule has 112 valence electrons. The molecule has 0 aliphatic carbocycles. The normalized spacial score (nSPS) is 20.9. The van der Waals surface area contributed by atoms with Crippen molar-refractivity contribution in [1.82, 2.24) is 10.1 Å². The van der Waals surface area contributed by atoms with Crippen LogP contribution in [0.1, 0.15) is 57.4 Å². The fourth-order valence-corrected chi connectivity index (χ4v) is 2.80. The van der Waals surface area contributed by atoms with Crippen LogP contribution in [0, 0.1) is 5.92 Å². The summed E-state index contributed by atoms with van der Waals surface area (Å²) in [6.07, 6.45) is 0.581. The van der Waals surface area contributed by atoms with Crippen LogP contribution in [0.2, 0.25) is 0 Å². The van der Waals surface area contributed by atoms with Crippen molar-refractivity contribution < 1.29 is 9.63 Å². The Morgan fingerprint density at radius 1 is 1.45 bits per heavy atom. The fraction of sp³-hybridized carbons (Fsp3) is 0.688. The molecule has 20 heavy (non-hydrogen) atoms. The van der Waals surface area contributed by atoms with Crippen LogP contribution in [-0.2, 0) is 0 Å². The average Bonchev–Trinajstić information content (AvgIpc) is 2.97. The summed E-state index contributed by atoms with van der Waals surface area (Å²) >= 11 is 0. The van der Waals surface area contributed by atoms with E-state index in [2.05, 4.69) is 44.3 Å². The Hall–Kier alpha value is -1.29. The molecule has 2 unspecified atom stereocenters. The van der Waals surface area contributed by atoms with E-state index < -0.39 is 0 Å². The molecule has 1 fully saturated rings. The molecule has 2 rings (SSSR count). The largest absolute Gasteiger partial charge is 0.391 e. The molecule has 0 spiro atoms. The van der Waals surface area contributed by atoms with E-state index in [1.54, 1.807) is 0 Å². The van der Waals surface area contributed by atoms with Crippen molar-refractivity contribution in [3.05, 3.63) is 29.8 Å². The lowest BCUT2D eigenvalue weighted by Crippen LogP contribution is -2.26. The van der Waals surface area contributed by atoms with E-state index in [-0.39, 0.29) is 12.0 Å². The third-order valence-electron chi connectivity index (χ3n) is 4.04. The highest BCUT2D eigenvalue weighted by Gasteiger charge is 2.30. The van der Waals surface area contributed by atoms with Gasteiger partial charge in [-0.05, 0) is 18.3 Å². The van der Waals surface area contributed by atoms with Gasteiger partial charge in [0.2, 0.25) is 0 Å². The molecule has 1 N–H and O–H groups in total. The Morgan fingerprint density at radius 2 is 2.15 bits per heavy atom. The van der Waals surface area contributed by atoms with Crippen LogP contribution in [-0.4, -0.2) is 34.4 Å². The molecule has 0 bridgehead atoms. The Morgan fingerprint density at radius 3 is 2.60 bits per heavy atom. The number of nitrogens with zero attached hydrogens (tertiary/aromatic N) is 2. The second-order valence-corrected chi connectivity index (χ2v) is 6.41. The Bertz CT molecular complexity index is 465. The van der Waals surface area contributed by atoms with Crippen molar-refractivity contribution >= 4 is 0 Å². The van der Waals surface area contributed by atoms with Gasteiger partial charge in [-0.25, -0.2) is 0 Å². The number of aliphatic hydroxyl groups excluding tert-OH is 1. The molecule has 4 heteroatoms. The van der Waals surface area contributed by atoms with Gasteiger partial charge < -0.3 is 14.5 Å². The van der Waals surface area contributed by atoms with Crippen LogP contribution in [0.3, 0.4) is 0 Å². The first-order valence-electron chi connectivity index (χ1n) is 7.48. The van der Waals surface area contributed by atoms with Gasteiger partial charge in [-0.15, -0.1) is 0 Å². The van der Waals surface area contributed by atoms with Crippen molar-refractivity contribution in [3.8, 4) is 0 Å². The Labute approximate surface area is 121 Å². The Balaban J connectivity index is 2.19. The van der Waals surface area contributed by atoms with E-state index in [1.165, 1.54) is 0 Å². The maximum atomic E-state index is 9.70. The molecular formula is C16H26N2O2. The maximum absolute atomic E-state index is 9.70. The zero-order valence-electron chi connectivity index (χ0n) is 13.0. The SMILES string of the molecule is C=C(C(c1cc(C(C)C)no1)C(C)C)N1CCC(O)C1. The van der Waals surface area contributed by atoms with Gasteiger partial charge in [0.1, 0.15) is 5.76 Å². The summed E-state index contributed by atoms with van der Waals surface area (Å²) in [4.78, 5) is 2.17. The number of likely N-dealkylation sites (tertiary alicyclic amines) is 1. The third kappa shape index (κ3) is 3.06. The van der Waals surface area contributed by atoms with Crippen LogP contribution in [0.4, 0.5) is 0 Å². The van der Waals surface area contributed by atoms with Crippen molar-refractivity contribution in [1.29, 1.82) is 0 Å². The van der Waals surface area contributed by atoms with Crippen LogP contribution in [0.15, 0.2) is 22.9 Å². The molecular weight excluding hydrogens is 252 g/mol. The van der Waals surface area contributed by atoms with Gasteiger partial charge in [-0.3, -0.25) is 0 Å². The van der Waals surface area contributed by atoms with Gasteiger partial charge in [0.05, 0.1) is 17.7 Å². The van der Waals surface area contributed by atoms with Gasteiger partial charge >= 0.3 is 0 Å². The van der Waals surface area contributed by atoms with E-state index >= 15 is 0 Å². The second-order valence-electron chi connectivity index (χ2n) is 6.41. The van der Waals surface area contributed by atoms with E-state index in [0.717, 1.165) is 30.1 Å². The highest BCUT2D eigenvalue weighted by molar-refractivity contribution is 5.23. The summed E-state index contributed by atoms with van der Waals surface area (Å²) in [5.74, 6) is 1.76. The monoisotopic (exact) mass is 278 g/mol. The number of aliphatic hydroxyl groups is 1. The van der Waals surface area contributed by atoms with Crippen molar-refractivity contribution in [2.75, 3.05) is 13.1 Å². The lowest BCUT2D eigenvalue weighted by molar-refractivity contribution is 0.180. The standard InChI is InChI=1S/C16H26N2O2/c1-10(2)14-8-15(20-17-14)16(11(3)4)12(5)18-7-6-13(19)9-18/h8,10-11,13,16,19H,5-7,9H2,1-4H3. The molecule has 1 aliphatic rings. The van der Waals surface area contributed by atoms with Gasteiger partial charge in [0.25, 0.3) is 0 Å². The van der Waals surface area contributed by atoms with Crippen molar-refractivity contribution in [2.45, 2.75) is 52.1 Å². The summed E-state index contributed by atoms with van der Waals surface area (Å²) in [7, 11) is 0. The lowest BCUT2D eigenvalue weighted by atomic mass is 9.89. The van der Waals surface area contributed by atoms with Crippen molar-refractivity contribution in [2.24, 2.45) is 5.92 Å². The number of β-amino-alcohol motifs (C(OH)–C–C–N with tert-alkyl or cyclic N) is 1. The van der Waals surface area contributed by atoms with E-state index in [0.29, 0.717) is 18.4 Å². The first kappa shape index (κ1) is 15.1. The highest BCUT2D eigenvalue weighted by atomic mass is 16.5. The van der Waals surface area contributed by atoms with Gasteiger partial charge in [0, 0.05) is 24.9 Å². The summed E-state index contributed by atoms with van der Waals surface area (Å²) in [5.41, 5.74) is 2.02. The molecule has 0 saturated carbocycles. The number of hydrogen-bond acceptors (Lipinski definition) is 4. The maximum Gasteiger partial charge on any atom is 0.146 e. The molecule has 1 aromatic heterocycles. The highest BCUT2D eigenvalue weighted by Crippen LogP contribution is 2.35. The topological polar surface area (TPSA) is 49.5 Å². The minimum Gasteiger partial charge on any atom is -0.391 e. The third-order valence-corrected chi connectivity index (χ3v) is 4.04. The second kappa shape index (κ2) is 6.00. The predicted molar refractivity (Wildman–Crippen MR) is 79.5 cm³/mol. The zero-order chi connectivity index (χ0) is 14.9. The van der Waals surface area contributed by atoms with Gasteiger partial charge in [-0.2, -0.15) is 0 Å². The summed E-state index contributed by atoms with van der Waals surface area (Å²) in [6.45, 7) is 14.3. The number of allylic oxidation sites excluding steroid dienone is 1. The zero-order valence-corrected chi connectivity index (χ0v) is 13.0. The molecule has 1 aliphatic heterocycles. The molecule has 0 aromatic carbocycles. The van der Waals surface area contributed by atoms with E-state index in [4.69, 9.17) is 4.52 Å². The summed E-state index contributed by atoms with van der Waals surface area (Å²) < 4.78 is 5.56. The van der Waals surface area contributed by atoms with E-state index in [1.807, 2.05) is 6.07 Å². The van der Waals surface area contributed by atoms with Crippen LogP contribution >= 0.6 is 0 Å². The first-order chi connectivity index (χ1) is 9.40. The average molecular weight is 278 g/mol. The molecule has 0 amide bonds. The molecule has 0 radical (unpaired) electrons.